The molecule has 14 heavy (non-hydrogen) atoms. The van der Waals surface area contributed by atoms with Crippen molar-refractivity contribution in [3.05, 3.63) is 41.5 Å². The van der Waals surface area contributed by atoms with Crippen molar-refractivity contribution < 1.29 is 0 Å². The fourth-order valence-corrected chi connectivity index (χ4v) is 1.46. The largest absolute Gasteiger partial charge is 0.192 e. The number of hydrogen-bond acceptors (Lipinski definition) is 1. The topological polar surface area (TPSA) is 23.8 Å². The van der Waals surface area contributed by atoms with Gasteiger partial charge in [-0.15, -0.1) is 0 Å². The molecule has 1 fully saturated rings. The van der Waals surface area contributed by atoms with Crippen molar-refractivity contribution in [2.75, 3.05) is 0 Å². The zero-order chi connectivity index (χ0) is 9.80. The Labute approximate surface area is 84.7 Å². The Balaban J connectivity index is 2.00. The summed E-state index contributed by atoms with van der Waals surface area (Å²) in [5.41, 5.74) is 1.86. The van der Waals surface area contributed by atoms with Crippen molar-refractivity contribution in [2.24, 2.45) is 5.92 Å². The first-order valence-corrected chi connectivity index (χ1v) is 5.05. The highest BCUT2D eigenvalue weighted by atomic mass is 14.2. The maximum atomic E-state index is 8.71. The highest BCUT2D eigenvalue weighted by Crippen LogP contribution is 2.32. The van der Waals surface area contributed by atoms with Crippen LogP contribution in [0.5, 0.6) is 0 Å². The summed E-state index contributed by atoms with van der Waals surface area (Å²) in [4.78, 5) is 0. The number of allylic oxidation sites excluding steroid dienone is 1. The lowest BCUT2D eigenvalue weighted by Gasteiger charge is -1.93. The van der Waals surface area contributed by atoms with Crippen LogP contribution < -0.4 is 0 Å². The highest BCUT2D eigenvalue weighted by molar-refractivity contribution is 5.52. The molecule has 1 saturated carbocycles. The SMILES string of the molecule is N#Cc1cccc(C=CCC2CC2)c1. The Hall–Kier alpha value is -1.55. The van der Waals surface area contributed by atoms with Crippen LogP contribution in [0.15, 0.2) is 30.3 Å². The quantitative estimate of drug-likeness (QED) is 0.704. The molecule has 0 atom stereocenters. The number of nitriles is 1. The molecular formula is C13H13N. The molecule has 2 rings (SSSR count). The fraction of sp³-hybridized carbons (Fsp3) is 0.308. The molecule has 0 radical (unpaired) electrons. The number of hydrogen-bond donors (Lipinski definition) is 0. The van der Waals surface area contributed by atoms with E-state index in [0.29, 0.717) is 0 Å². The van der Waals surface area contributed by atoms with Crippen LogP contribution in [0.4, 0.5) is 0 Å². The molecule has 1 aliphatic rings. The van der Waals surface area contributed by atoms with E-state index in [4.69, 9.17) is 5.26 Å². The Morgan fingerprint density at radius 3 is 3.00 bits per heavy atom. The van der Waals surface area contributed by atoms with E-state index in [-0.39, 0.29) is 0 Å². The third-order valence-corrected chi connectivity index (χ3v) is 2.49. The zero-order valence-electron chi connectivity index (χ0n) is 8.11. The second kappa shape index (κ2) is 4.11. The smallest absolute Gasteiger partial charge is 0.0991 e. The fourth-order valence-electron chi connectivity index (χ4n) is 1.46. The van der Waals surface area contributed by atoms with Crippen molar-refractivity contribution in [2.45, 2.75) is 19.3 Å². The van der Waals surface area contributed by atoms with Gasteiger partial charge in [-0.3, -0.25) is 0 Å². The molecule has 1 aromatic rings. The Kier molecular flexibility index (Phi) is 2.65. The summed E-state index contributed by atoms with van der Waals surface area (Å²) in [6.07, 6.45) is 8.30. The molecule has 0 bridgehead atoms. The van der Waals surface area contributed by atoms with Gasteiger partial charge in [-0.2, -0.15) is 5.26 Å². The maximum absolute atomic E-state index is 8.71. The van der Waals surface area contributed by atoms with Crippen LogP contribution >= 0.6 is 0 Å². The van der Waals surface area contributed by atoms with Crippen molar-refractivity contribution in [1.29, 1.82) is 5.26 Å². The van der Waals surface area contributed by atoms with E-state index >= 15 is 0 Å². The van der Waals surface area contributed by atoms with E-state index in [2.05, 4.69) is 18.2 Å². The van der Waals surface area contributed by atoms with Gasteiger partial charge in [0.25, 0.3) is 0 Å². The summed E-state index contributed by atoms with van der Waals surface area (Å²) in [7, 11) is 0. The molecule has 0 amide bonds. The van der Waals surface area contributed by atoms with E-state index in [1.54, 1.807) is 0 Å². The van der Waals surface area contributed by atoms with Gasteiger partial charge in [0.05, 0.1) is 11.6 Å². The summed E-state index contributed by atoms with van der Waals surface area (Å²) in [5.74, 6) is 0.936. The molecule has 0 spiro atoms. The van der Waals surface area contributed by atoms with Crippen molar-refractivity contribution in [3.63, 3.8) is 0 Å². The van der Waals surface area contributed by atoms with Crippen molar-refractivity contribution in [3.8, 4) is 6.07 Å². The summed E-state index contributed by atoms with van der Waals surface area (Å²) in [6.45, 7) is 0. The van der Waals surface area contributed by atoms with Gasteiger partial charge in [0, 0.05) is 0 Å². The molecule has 1 nitrogen and oxygen atoms in total. The molecule has 0 aliphatic heterocycles. The lowest BCUT2D eigenvalue weighted by atomic mass is 10.1. The molecule has 1 heteroatoms. The van der Waals surface area contributed by atoms with Crippen LogP contribution in [-0.2, 0) is 0 Å². The van der Waals surface area contributed by atoms with Crippen LogP contribution in [0.1, 0.15) is 30.4 Å². The molecule has 70 valence electrons. The number of benzene rings is 1. The van der Waals surface area contributed by atoms with Gasteiger partial charge in [0.1, 0.15) is 0 Å². The minimum absolute atomic E-state index is 0.735. The molecule has 1 aromatic carbocycles. The van der Waals surface area contributed by atoms with Gasteiger partial charge in [-0.05, 0) is 42.9 Å². The highest BCUT2D eigenvalue weighted by Gasteiger charge is 2.18. The minimum Gasteiger partial charge on any atom is -0.192 e. The van der Waals surface area contributed by atoms with Crippen LogP contribution in [0, 0.1) is 17.2 Å². The van der Waals surface area contributed by atoms with Crippen LogP contribution in [0.25, 0.3) is 6.08 Å². The van der Waals surface area contributed by atoms with E-state index in [0.717, 1.165) is 17.0 Å². The molecule has 0 aromatic heterocycles. The van der Waals surface area contributed by atoms with Crippen LogP contribution in [0.3, 0.4) is 0 Å². The lowest BCUT2D eigenvalue weighted by molar-refractivity contribution is 0.866. The zero-order valence-corrected chi connectivity index (χ0v) is 8.11. The number of nitrogens with zero attached hydrogens (tertiary/aromatic N) is 1. The second-order valence-electron chi connectivity index (χ2n) is 3.82. The van der Waals surface area contributed by atoms with Gasteiger partial charge in [-0.1, -0.05) is 24.3 Å². The van der Waals surface area contributed by atoms with E-state index in [1.165, 1.54) is 19.3 Å². The summed E-state index contributed by atoms with van der Waals surface area (Å²) in [5, 5.41) is 8.71. The first-order valence-electron chi connectivity index (χ1n) is 5.05. The molecule has 1 aliphatic carbocycles. The molecule has 0 N–H and O–H groups in total. The average molecular weight is 183 g/mol. The van der Waals surface area contributed by atoms with Crippen molar-refractivity contribution >= 4 is 6.08 Å². The Morgan fingerprint density at radius 1 is 1.43 bits per heavy atom. The monoisotopic (exact) mass is 183 g/mol. The Bertz CT molecular complexity index is 380. The van der Waals surface area contributed by atoms with Crippen LogP contribution in [0.2, 0.25) is 0 Å². The molecule has 0 heterocycles. The minimum atomic E-state index is 0.735. The van der Waals surface area contributed by atoms with E-state index in [1.807, 2.05) is 24.3 Å². The first-order chi connectivity index (χ1) is 6.88. The predicted octanol–water partition coefficient (Wildman–Crippen LogP) is 3.37. The molecular weight excluding hydrogens is 170 g/mol. The molecule has 0 saturated heterocycles. The standard InChI is InChI=1S/C13H13N/c14-10-13-6-2-5-12(9-13)4-1-3-11-7-8-11/h1-2,4-6,9,11H,3,7-8H2. The molecule has 0 unspecified atom stereocenters. The normalized spacial score (nSPS) is 15.6. The lowest BCUT2D eigenvalue weighted by Crippen LogP contribution is -1.76. The summed E-state index contributed by atoms with van der Waals surface area (Å²) < 4.78 is 0. The first kappa shape index (κ1) is 9.02. The third-order valence-electron chi connectivity index (χ3n) is 2.49. The number of rotatable bonds is 3. The predicted molar refractivity (Wildman–Crippen MR) is 57.5 cm³/mol. The maximum Gasteiger partial charge on any atom is 0.0991 e. The van der Waals surface area contributed by atoms with Gasteiger partial charge in [0.2, 0.25) is 0 Å². The van der Waals surface area contributed by atoms with Gasteiger partial charge in [0.15, 0.2) is 0 Å². The van der Waals surface area contributed by atoms with Gasteiger partial charge in [-0.25, -0.2) is 0 Å². The average Bonchev–Trinajstić information content (AvgIpc) is 3.02. The summed E-state index contributed by atoms with van der Waals surface area (Å²) >= 11 is 0. The third kappa shape index (κ3) is 2.47. The van der Waals surface area contributed by atoms with Gasteiger partial charge < -0.3 is 0 Å². The van der Waals surface area contributed by atoms with E-state index < -0.39 is 0 Å². The van der Waals surface area contributed by atoms with Gasteiger partial charge >= 0.3 is 0 Å². The van der Waals surface area contributed by atoms with Crippen LogP contribution in [-0.4, -0.2) is 0 Å². The van der Waals surface area contributed by atoms with Crippen molar-refractivity contribution in [1.82, 2.24) is 0 Å². The Morgan fingerprint density at radius 2 is 2.29 bits per heavy atom. The second-order valence-corrected chi connectivity index (χ2v) is 3.82. The summed E-state index contributed by atoms with van der Waals surface area (Å²) in [6, 6.07) is 9.85. The van der Waals surface area contributed by atoms with E-state index in [9.17, 15) is 0 Å².